The molecule has 0 bridgehead atoms. The number of hydrogen-bond donors (Lipinski definition) is 2. The summed E-state index contributed by atoms with van der Waals surface area (Å²) >= 11 is 1.48. The molecule has 20 heavy (non-hydrogen) atoms. The van der Waals surface area contributed by atoms with E-state index in [1.807, 2.05) is 17.5 Å². The molecule has 0 fully saturated rings. The number of carbonyl (C=O) groups is 1. The van der Waals surface area contributed by atoms with E-state index in [4.69, 9.17) is 0 Å². The fraction of sp³-hybridized carbons (Fsp3) is 0.154. The molecule has 0 spiro atoms. The molecule has 7 heteroatoms. The highest BCUT2D eigenvalue weighted by Gasteiger charge is 2.30. The monoisotopic (exact) mass is 308 g/mol. The minimum absolute atomic E-state index is 0.125. The Balaban J connectivity index is 2.08. The largest absolute Gasteiger partial charge is 0.368 e. The summed E-state index contributed by atoms with van der Waals surface area (Å²) < 4.78 is 23.5. The Morgan fingerprint density at radius 3 is 2.65 bits per heavy atom. The third kappa shape index (κ3) is 2.19. The molecule has 1 aromatic heterocycles. The summed E-state index contributed by atoms with van der Waals surface area (Å²) in [5, 5.41) is 7.69. The van der Waals surface area contributed by atoms with Crippen LogP contribution in [0.15, 0.2) is 40.6 Å². The van der Waals surface area contributed by atoms with Crippen molar-refractivity contribution in [3.05, 3.63) is 40.6 Å². The molecule has 1 aromatic carbocycles. The van der Waals surface area contributed by atoms with Crippen LogP contribution < -0.4 is 10.6 Å². The third-order valence-electron chi connectivity index (χ3n) is 3.06. The smallest absolute Gasteiger partial charge is 0.252 e. The first-order valence-electron chi connectivity index (χ1n) is 5.91. The molecule has 1 aliphatic heterocycles. The Morgan fingerprint density at radius 1 is 1.20 bits per heavy atom. The molecule has 0 aliphatic carbocycles. The van der Waals surface area contributed by atoms with Crippen molar-refractivity contribution in [2.45, 2.75) is 10.9 Å². The van der Waals surface area contributed by atoms with Gasteiger partial charge in [0.1, 0.15) is 6.04 Å². The Kier molecular flexibility index (Phi) is 3.02. The van der Waals surface area contributed by atoms with Crippen LogP contribution >= 0.6 is 11.3 Å². The zero-order chi connectivity index (χ0) is 14.3. The molecular weight excluding hydrogens is 296 g/mol. The van der Waals surface area contributed by atoms with Gasteiger partial charge in [0, 0.05) is 11.1 Å². The molecule has 0 saturated heterocycles. The van der Waals surface area contributed by atoms with Gasteiger partial charge in [-0.05, 0) is 23.6 Å². The number of rotatable bonds is 2. The Labute approximate surface area is 120 Å². The predicted molar refractivity (Wildman–Crippen MR) is 78.9 cm³/mol. The maximum Gasteiger partial charge on any atom is 0.252 e. The molecule has 0 saturated carbocycles. The summed E-state index contributed by atoms with van der Waals surface area (Å²) in [7, 11) is -3.39. The highest BCUT2D eigenvalue weighted by molar-refractivity contribution is 7.90. The van der Waals surface area contributed by atoms with Gasteiger partial charge in [-0.25, -0.2) is 8.42 Å². The van der Waals surface area contributed by atoms with Crippen molar-refractivity contribution >= 4 is 38.5 Å². The van der Waals surface area contributed by atoms with E-state index in [0.29, 0.717) is 11.4 Å². The Bertz CT molecular complexity index is 767. The third-order valence-corrected chi connectivity index (χ3v) is 5.14. The van der Waals surface area contributed by atoms with Gasteiger partial charge in [-0.15, -0.1) is 11.3 Å². The van der Waals surface area contributed by atoms with Crippen LogP contribution in [0.1, 0.15) is 10.9 Å². The molecule has 5 nitrogen and oxygen atoms in total. The summed E-state index contributed by atoms with van der Waals surface area (Å²) in [5.74, 6) is -0.254. The molecule has 1 amide bonds. The number of anilines is 2. The number of thiophene rings is 1. The molecule has 1 atom stereocenters. The van der Waals surface area contributed by atoms with E-state index in [1.54, 1.807) is 12.1 Å². The first-order valence-corrected chi connectivity index (χ1v) is 8.68. The quantitative estimate of drug-likeness (QED) is 0.892. The highest BCUT2D eigenvalue weighted by atomic mass is 32.2. The van der Waals surface area contributed by atoms with E-state index < -0.39 is 15.9 Å². The molecule has 1 unspecified atom stereocenters. The second kappa shape index (κ2) is 4.60. The van der Waals surface area contributed by atoms with E-state index in [1.165, 1.54) is 17.4 Å². The number of nitrogens with one attached hydrogen (secondary N) is 2. The fourth-order valence-electron chi connectivity index (χ4n) is 2.16. The van der Waals surface area contributed by atoms with Crippen molar-refractivity contribution in [2.75, 3.05) is 16.9 Å². The highest BCUT2D eigenvalue weighted by Crippen LogP contribution is 2.37. The van der Waals surface area contributed by atoms with Crippen LogP contribution in [-0.2, 0) is 14.6 Å². The van der Waals surface area contributed by atoms with Crippen LogP contribution in [-0.4, -0.2) is 20.6 Å². The minimum atomic E-state index is -3.39. The predicted octanol–water partition coefficient (Wildman–Crippen LogP) is 2.26. The van der Waals surface area contributed by atoms with E-state index in [-0.39, 0.29) is 10.8 Å². The van der Waals surface area contributed by atoms with Gasteiger partial charge in [0.15, 0.2) is 9.84 Å². The second-order valence-corrected chi connectivity index (χ2v) is 7.50. The molecule has 2 N–H and O–H groups in total. The fourth-order valence-corrected chi connectivity index (χ4v) is 3.79. The van der Waals surface area contributed by atoms with Crippen LogP contribution in [0.25, 0.3) is 0 Å². The molecule has 1 aliphatic rings. The van der Waals surface area contributed by atoms with Crippen molar-refractivity contribution in [1.29, 1.82) is 0 Å². The van der Waals surface area contributed by atoms with Crippen molar-refractivity contribution in [1.82, 2.24) is 0 Å². The van der Waals surface area contributed by atoms with Crippen molar-refractivity contribution in [3.63, 3.8) is 0 Å². The summed E-state index contributed by atoms with van der Waals surface area (Å²) in [4.78, 5) is 13.2. The zero-order valence-electron chi connectivity index (χ0n) is 10.6. The summed E-state index contributed by atoms with van der Waals surface area (Å²) in [6.45, 7) is 0. The van der Waals surface area contributed by atoms with Crippen LogP contribution in [0.5, 0.6) is 0 Å². The van der Waals surface area contributed by atoms with Gasteiger partial charge < -0.3 is 10.6 Å². The number of para-hydroxylation sites is 1. The Hall–Kier alpha value is -1.86. The molecule has 104 valence electrons. The average Bonchev–Trinajstić information content (AvgIpc) is 2.89. The summed E-state index contributed by atoms with van der Waals surface area (Å²) in [6, 6.07) is 8.15. The molecular formula is C13H12N2O3S2. The normalized spacial score (nSPS) is 18.1. The number of fused-ring (bicyclic) bond motifs is 1. The van der Waals surface area contributed by atoms with Crippen LogP contribution in [0.4, 0.5) is 11.4 Å². The van der Waals surface area contributed by atoms with Gasteiger partial charge in [0.2, 0.25) is 0 Å². The van der Waals surface area contributed by atoms with E-state index in [2.05, 4.69) is 10.6 Å². The lowest BCUT2D eigenvalue weighted by molar-refractivity contribution is -0.117. The van der Waals surface area contributed by atoms with Crippen LogP contribution in [0, 0.1) is 0 Å². The van der Waals surface area contributed by atoms with Crippen molar-refractivity contribution in [3.8, 4) is 0 Å². The first-order chi connectivity index (χ1) is 9.47. The lowest BCUT2D eigenvalue weighted by atomic mass is 10.1. The maximum absolute atomic E-state index is 12.2. The van der Waals surface area contributed by atoms with Gasteiger partial charge in [-0.1, -0.05) is 12.1 Å². The average molecular weight is 308 g/mol. The first kappa shape index (κ1) is 13.1. The molecule has 0 radical (unpaired) electrons. The topological polar surface area (TPSA) is 75.3 Å². The lowest BCUT2D eigenvalue weighted by Gasteiger charge is -2.27. The molecule has 3 rings (SSSR count). The van der Waals surface area contributed by atoms with Gasteiger partial charge in [0.05, 0.1) is 16.3 Å². The number of sulfone groups is 1. The van der Waals surface area contributed by atoms with Crippen LogP contribution in [0.2, 0.25) is 0 Å². The molecule has 2 heterocycles. The lowest BCUT2D eigenvalue weighted by Crippen LogP contribution is -2.32. The number of hydrogen-bond acceptors (Lipinski definition) is 5. The number of benzene rings is 1. The second-order valence-electron chi connectivity index (χ2n) is 4.53. The van der Waals surface area contributed by atoms with Crippen molar-refractivity contribution < 1.29 is 13.2 Å². The van der Waals surface area contributed by atoms with Gasteiger partial charge in [0.25, 0.3) is 5.91 Å². The van der Waals surface area contributed by atoms with Crippen LogP contribution in [0.3, 0.4) is 0 Å². The van der Waals surface area contributed by atoms with Gasteiger partial charge in [-0.2, -0.15) is 0 Å². The van der Waals surface area contributed by atoms with E-state index in [9.17, 15) is 13.2 Å². The molecule has 2 aromatic rings. The standard InChI is InChI=1S/C13H12N2O3S2/c1-20(17,18)10-6-2-4-8-11(10)15-13(16)12(14-8)9-5-3-7-19-9/h2-7,12,14H,1H3,(H,15,16). The van der Waals surface area contributed by atoms with Crippen molar-refractivity contribution in [2.24, 2.45) is 0 Å². The van der Waals surface area contributed by atoms with Gasteiger partial charge in [-0.3, -0.25) is 4.79 Å². The maximum atomic E-state index is 12.2. The van der Waals surface area contributed by atoms with E-state index in [0.717, 1.165) is 11.1 Å². The van der Waals surface area contributed by atoms with E-state index >= 15 is 0 Å². The Morgan fingerprint density at radius 2 is 2.00 bits per heavy atom. The summed E-state index contributed by atoms with van der Waals surface area (Å²) in [5.41, 5.74) is 0.943. The van der Waals surface area contributed by atoms with Gasteiger partial charge >= 0.3 is 0 Å². The minimum Gasteiger partial charge on any atom is -0.368 e. The summed E-state index contributed by atoms with van der Waals surface area (Å²) in [6.07, 6.45) is 1.13. The zero-order valence-corrected chi connectivity index (χ0v) is 12.2. The number of amides is 1. The SMILES string of the molecule is CS(=O)(=O)c1cccc2c1NC(=O)C(c1cccs1)N2. The number of carbonyl (C=O) groups excluding carboxylic acids is 1.